The van der Waals surface area contributed by atoms with Crippen LogP contribution in [0.4, 0.5) is 0 Å². The highest BCUT2D eigenvalue weighted by molar-refractivity contribution is 5.71. The predicted octanol–water partition coefficient (Wildman–Crippen LogP) is 18.9. The summed E-state index contributed by atoms with van der Waals surface area (Å²) in [5.74, 6) is -0.870. The van der Waals surface area contributed by atoms with Crippen LogP contribution in [0, 0.1) is 0 Å². The van der Waals surface area contributed by atoms with Crippen molar-refractivity contribution >= 4 is 17.9 Å². The predicted molar refractivity (Wildman–Crippen MR) is 279 cm³/mol. The Labute approximate surface area is 404 Å². The van der Waals surface area contributed by atoms with Crippen LogP contribution in [-0.4, -0.2) is 37.2 Å². The molecule has 0 bridgehead atoms. The zero-order valence-electron chi connectivity index (χ0n) is 43.5. The molecule has 0 aliphatic rings. The van der Waals surface area contributed by atoms with Crippen LogP contribution in [-0.2, 0) is 28.6 Å². The Hall–Kier alpha value is -2.37. The zero-order chi connectivity index (χ0) is 47.2. The van der Waals surface area contributed by atoms with E-state index in [-0.39, 0.29) is 31.1 Å². The minimum Gasteiger partial charge on any atom is -0.462 e. The second-order valence-electron chi connectivity index (χ2n) is 19.2. The molecule has 0 rings (SSSR count). The molecule has 0 saturated heterocycles. The monoisotopic (exact) mass is 913 g/mol. The molecule has 0 N–H and O–H groups in total. The molecule has 0 aromatic rings. The lowest BCUT2D eigenvalue weighted by Crippen LogP contribution is -2.30. The second kappa shape index (κ2) is 54.2. The van der Waals surface area contributed by atoms with Crippen LogP contribution >= 0.6 is 0 Å². The van der Waals surface area contributed by atoms with Crippen LogP contribution in [0.25, 0.3) is 0 Å². The summed E-state index contributed by atoms with van der Waals surface area (Å²) in [6, 6.07) is 0. The molecule has 0 unspecified atom stereocenters. The van der Waals surface area contributed by atoms with Crippen molar-refractivity contribution < 1.29 is 28.6 Å². The molecular weight excluding hydrogens is 805 g/mol. The summed E-state index contributed by atoms with van der Waals surface area (Å²) in [4.78, 5) is 38.1. The summed E-state index contributed by atoms with van der Waals surface area (Å²) < 4.78 is 16.9. The Morgan fingerprint density at radius 3 is 0.892 bits per heavy atom. The number of hydrogen-bond acceptors (Lipinski definition) is 6. The maximum absolute atomic E-state index is 12.8. The Morgan fingerprint density at radius 2 is 0.554 bits per heavy atom. The SMILES string of the molecule is CCCCC/C=C\C/C=C\CCCCCCCCCC(=O)OC[C@H](COC(=O)CCCCCCCCCCCCCCC)OC(=O)CCCCCCCCC/C=C\CCCCCCCC. The van der Waals surface area contributed by atoms with E-state index in [0.29, 0.717) is 19.3 Å². The number of hydrogen-bond donors (Lipinski definition) is 0. The summed E-state index contributed by atoms with van der Waals surface area (Å²) in [6.07, 6.45) is 64.1. The first-order valence-electron chi connectivity index (χ1n) is 28.5. The number of esters is 3. The van der Waals surface area contributed by atoms with E-state index in [1.807, 2.05) is 0 Å². The number of carbonyl (C=O) groups excluding carboxylic acids is 3. The molecule has 0 aromatic heterocycles. The average Bonchev–Trinajstić information content (AvgIpc) is 3.30. The van der Waals surface area contributed by atoms with Crippen LogP contribution in [0.5, 0.6) is 0 Å². The molecule has 0 heterocycles. The molecule has 6 nitrogen and oxygen atoms in total. The summed E-state index contributed by atoms with van der Waals surface area (Å²) in [7, 11) is 0. The van der Waals surface area contributed by atoms with Crippen LogP contribution in [0.2, 0.25) is 0 Å². The van der Waals surface area contributed by atoms with E-state index in [9.17, 15) is 14.4 Å². The van der Waals surface area contributed by atoms with E-state index in [0.717, 1.165) is 70.6 Å². The van der Waals surface area contributed by atoms with Gasteiger partial charge in [0.15, 0.2) is 6.10 Å². The third kappa shape index (κ3) is 52.5. The van der Waals surface area contributed by atoms with Gasteiger partial charge in [0.1, 0.15) is 13.2 Å². The van der Waals surface area contributed by atoms with Gasteiger partial charge in [-0.1, -0.05) is 243 Å². The third-order valence-electron chi connectivity index (χ3n) is 12.6. The van der Waals surface area contributed by atoms with Gasteiger partial charge in [0.25, 0.3) is 0 Å². The summed E-state index contributed by atoms with van der Waals surface area (Å²) in [5.41, 5.74) is 0. The van der Waals surface area contributed by atoms with Gasteiger partial charge in [-0.2, -0.15) is 0 Å². The molecule has 0 amide bonds. The fourth-order valence-electron chi connectivity index (χ4n) is 8.29. The Balaban J connectivity index is 4.36. The molecule has 0 radical (unpaired) electrons. The van der Waals surface area contributed by atoms with Gasteiger partial charge in [0, 0.05) is 19.3 Å². The van der Waals surface area contributed by atoms with Crippen LogP contribution in [0.1, 0.15) is 303 Å². The number of allylic oxidation sites excluding steroid dienone is 6. The van der Waals surface area contributed by atoms with E-state index in [1.54, 1.807) is 0 Å². The Kier molecular flexibility index (Phi) is 52.3. The molecular formula is C59H108O6. The van der Waals surface area contributed by atoms with Crippen molar-refractivity contribution in [2.24, 2.45) is 0 Å². The molecule has 0 spiro atoms. The smallest absolute Gasteiger partial charge is 0.306 e. The van der Waals surface area contributed by atoms with Crippen LogP contribution in [0.15, 0.2) is 36.5 Å². The van der Waals surface area contributed by atoms with E-state index in [1.165, 1.54) is 193 Å². The fourth-order valence-corrected chi connectivity index (χ4v) is 8.29. The van der Waals surface area contributed by atoms with E-state index in [4.69, 9.17) is 14.2 Å². The minimum absolute atomic E-state index is 0.0729. The molecule has 0 fully saturated rings. The maximum Gasteiger partial charge on any atom is 0.306 e. The quantitative estimate of drug-likeness (QED) is 0.0262. The van der Waals surface area contributed by atoms with Crippen LogP contribution in [0.3, 0.4) is 0 Å². The first-order chi connectivity index (χ1) is 32.0. The highest BCUT2D eigenvalue weighted by Gasteiger charge is 2.19. The maximum atomic E-state index is 12.8. The normalized spacial score (nSPS) is 12.2. The molecule has 380 valence electrons. The largest absolute Gasteiger partial charge is 0.462 e. The zero-order valence-corrected chi connectivity index (χ0v) is 43.5. The molecule has 0 aliphatic carbocycles. The van der Waals surface area contributed by atoms with E-state index < -0.39 is 6.10 Å². The molecule has 0 saturated carbocycles. The molecule has 6 heteroatoms. The number of unbranched alkanes of at least 4 members (excludes halogenated alkanes) is 35. The number of rotatable bonds is 52. The number of ether oxygens (including phenoxy) is 3. The van der Waals surface area contributed by atoms with Gasteiger partial charge >= 0.3 is 17.9 Å². The lowest BCUT2D eigenvalue weighted by atomic mass is 10.0. The highest BCUT2D eigenvalue weighted by atomic mass is 16.6. The topological polar surface area (TPSA) is 78.9 Å². The highest BCUT2D eigenvalue weighted by Crippen LogP contribution is 2.16. The van der Waals surface area contributed by atoms with Crippen LogP contribution < -0.4 is 0 Å². The van der Waals surface area contributed by atoms with Gasteiger partial charge in [0.2, 0.25) is 0 Å². The summed E-state index contributed by atoms with van der Waals surface area (Å²) >= 11 is 0. The second-order valence-corrected chi connectivity index (χ2v) is 19.2. The lowest BCUT2D eigenvalue weighted by molar-refractivity contribution is -0.167. The third-order valence-corrected chi connectivity index (χ3v) is 12.6. The molecule has 0 aliphatic heterocycles. The van der Waals surface area contributed by atoms with Gasteiger partial charge in [-0.3, -0.25) is 14.4 Å². The summed E-state index contributed by atoms with van der Waals surface area (Å²) in [5, 5.41) is 0. The van der Waals surface area contributed by atoms with Crippen molar-refractivity contribution in [2.45, 2.75) is 309 Å². The first-order valence-corrected chi connectivity index (χ1v) is 28.5. The first kappa shape index (κ1) is 62.6. The van der Waals surface area contributed by atoms with Gasteiger partial charge < -0.3 is 14.2 Å². The Bertz CT molecular complexity index is 1090. The molecule has 0 aromatic carbocycles. The fraction of sp³-hybridized carbons (Fsp3) is 0.847. The van der Waals surface area contributed by atoms with Crippen molar-refractivity contribution in [3.05, 3.63) is 36.5 Å². The summed E-state index contributed by atoms with van der Waals surface area (Å²) in [6.45, 7) is 6.63. The van der Waals surface area contributed by atoms with E-state index in [2.05, 4.69) is 57.2 Å². The Morgan fingerprint density at radius 1 is 0.308 bits per heavy atom. The number of carbonyl (C=O) groups is 3. The van der Waals surface area contributed by atoms with E-state index >= 15 is 0 Å². The van der Waals surface area contributed by atoms with Gasteiger partial charge in [-0.05, 0) is 77.0 Å². The van der Waals surface area contributed by atoms with Crippen molar-refractivity contribution in [2.75, 3.05) is 13.2 Å². The lowest BCUT2D eigenvalue weighted by Gasteiger charge is -2.18. The van der Waals surface area contributed by atoms with Crippen molar-refractivity contribution in [1.29, 1.82) is 0 Å². The van der Waals surface area contributed by atoms with Gasteiger partial charge in [0.05, 0.1) is 0 Å². The van der Waals surface area contributed by atoms with Gasteiger partial charge in [-0.15, -0.1) is 0 Å². The average molecular weight is 914 g/mol. The minimum atomic E-state index is -0.774. The standard InChI is InChI=1S/C59H108O6/c1-4-7-10-13-16-19-22-25-27-29-31-34-37-40-43-46-49-52-58(61)64-55-56(54-63-57(60)51-48-45-42-39-36-33-24-21-18-15-12-9-6-3)65-59(62)53-50-47-44-41-38-35-32-30-28-26-23-20-17-14-11-8-5-2/h16,19,25-28,56H,4-15,17-18,20-24,29-55H2,1-3H3/b19-16-,27-25-,28-26-/t56-/m0/s1. The van der Waals surface area contributed by atoms with Crippen molar-refractivity contribution in [3.63, 3.8) is 0 Å². The van der Waals surface area contributed by atoms with Crippen molar-refractivity contribution in [1.82, 2.24) is 0 Å². The molecule has 65 heavy (non-hydrogen) atoms. The van der Waals surface area contributed by atoms with Crippen molar-refractivity contribution in [3.8, 4) is 0 Å². The van der Waals surface area contributed by atoms with Gasteiger partial charge in [-0.25, -0.2) is 0 Å². The molecule has 1 atom stereocenters.